The lowest BCUT2D eigenvalue weighted by Gasteiger charge is -2.26. The van der Waals surface area contributed by atoms with E-state index in [1.807, 2.05) is 14.1 Å². The summed E-state index contributed by atoms with van der Waals surface area (Å²) >= 11 is 0. The predicted octanol–water partition coefficient (Wildman–Crippen LogP) is 0.523. The molecule has 10 heteroatoms. The molecule has 4 amide bonds. The average molecular weight is 488 g/mol. The van der Waals surface area contributed by atoms with Gasteiger partial charge in [-0.15, -0.1) is 0 Å². The van der Waals surface area contributed by atoms with Crippen molar-refractivity contribution >= 4 is 23.6 Å². The molecule has 192 valence electrons. The molecule has 35 heavy (non-hydrogen) atoms. The summed E-state index contributed by atoms with van der Waals surface area (Å²) in [6.45, 7) is 2.53. The summed E-state index contributed by atoms with van der Waals surface area (Å²) in [6, 6.07) is 5.17. The summed E-state index contributed by atoms with van der Waals surface area (Å²) < 4.78 is 5.79. The molecule has 0 aromatic heterocycles. The van der Waals surface area contributed by atoms with Gasteiger partial charge in [-0.2, -0.15) is 0 Å². The van der Waals surface area contributed by atoms with Crippen LogP contribution in [0, 0.1) is 0 Å². The number of rotatable bonds is 6. The third-order valence-electron chi connectivity index (χ3n) is 6.22. The molecule has 2 aliphatic rings. The maximum atomic E-state index is 13.2. The van der Waals surface area contributed by atoms with Crippen LogP contribution in [0.15, 0.2) is 24.3 Å². The Morgan fingerprint density at radius 1 is 1.17 bits per heavy atom. The van der Waals surface area contributed by atoms with Crippen molar-refractivity contribution in [1.29, 1.82) is 0 Å². The third-order valence-corrected chi connectivity index (χ3v) is 6.22. The van der Waals surface area contributed by atoms with Gasteiger partial charge in [0.05, 0.1) is 18.6 Å². The minimum absolute atomic E-state index is 0.197. The van der Waals surface area contributed by atoms with Crippen LogP contribution >= 0.6 is 0 Å². The number of unbranched alkanes of at least 4 members (excludes halogenated alkanes) is 1. The fourth-order valence-electron chi connectivity index (χ4n) is 4.33. The molecule has 3 rings (SSSR count). The second-order valence-electron chi connectivity index (χ2n) is 9.27. The number of benzene rings is 1. The molecule has 1 fully saturated rings. The molecule has 3 N–H and O–H groups in total. The van der Waals surface area contributed by atoms with Gasteiger partial charge in [0.2, 0.25) is 17.7 Å². The topological polar surface area (TPSA) is 120 Å². The van der Waals surface area contributed by atoms with Crippen LogP contribution in [-0.4, -0.2) is 92.4 Å². The molecule has 0 radical (unpaired) electrons. The van der Waals surface area contributed by atoms with E-state index in [4.69, 9.17) is 4.74 Å². The molecule has 1 aromatic carbocycles. The summed E-state index contributed by atoms with van der Waals surface area (Å²) in [4.78, 5) is 55.6. The van der Waals surface area contributed by atoms with Crippen molar-refractivity contribution in [2.24, 2.45) is 0 Å². The molecular formula is C25H37N5O5. The summed E-state index contributed by atoms with van der Waals surface area (Å²) in [5.74, 6) is -1.03. The monoisotopic (exact) mass is 487 g/mol. The molecule has 1 saturated heterocycles. The normalized spacial score (nSPS) is 21.7. The fourth-order valence-corrected chi connectivity index (χ4v) is 4.33. The number of carbonyl (C=O) groups excluding carboxylic acids is 4. The summed E-state index contributed by atoms with van der Waals surface area (Å²) in [6.07, 6.45) is 3.33. The minimum atomic E-state index is -1.06. The van der Waals surface area contributed by atoms with E-state index in [2.05, 4.69) is 20.9 Å². The SMILES string of the molecule is CN(C)CCCCNC(=O)[C@@H]1CC(=O)N2CCC[C@H]2C(=O)NCCCOc2ccccc2C(=O)N1. The first-order valence-corrected chi connectivity index (χ1v) is 12.4. The Labute approximate surface area is 206 Å². The third kappa shape index (κ3) is 7.68. The number of nitrogens with one attached hydrogen (secondary N) is 3. The highest BCUT2D eigenvalue weighted by molar-refractivity contribution is 6.01. The van der Waals surface area contributed by atoms with E-state index in [1.165, 1.54) is 4.90 Å². The number of hydrogen-bond acceptors (Lipinski definition) is 6. The van der Waals surface area contributed by atoms with Crippen molar-refractivity contribution in [3.63, 3.8) is 0 Å². The van der Waals surface area contributed by atoms with Crippen LogP contribution in [-0.2, 0) is 14.4 Å². The van der Waals surface area contributed by atoms with E-state index in [9.17, 15) is 19.2 Å². The van der Waals surface area contributed by atoms with Crippen LogP contribution in [0.4, 0.5) is 0 Å². The van der Waals surface area contributed by atoms with Crippen LogP contribution in [0.2, 0.25) is 0 Å². The zero-order chi connectivity index (χ0) is 25.2. The lowest BCUT2D eigenvalue weighted by Crippen LogP contribution is -2.52. The van der Waals surface area contributed by atoms with Gasteiger partial charge in [-0.05, 0) is 64.9 Å². The van der Waals surface area contributed by atoms with Crippen molar-refractivity contribution < 1.29 is 23.9 Å². The zero-order valence-corrected chi connectivity index (χ0v) is 20.7. The molecule has 0 bridgehead atoms. The summed E-state index contributed by atoms with van der Waals surface area (Å²) in [7, 11) is 3.98. The number of hydrogen-bond donors (Lipinski definition) is 3. The fraction of sp³-hybridized carbons (Fsp3) is 0.600. The van der Waals surface area contributed by atoms with Gasteiger partial charge in [-0.25, -0.2) is 0 Å². The molecule has 2 aliphatic heterocycles. The lowest BCUT2D eigenvalue weighted by atomic mass is 10.1. The van der Waals surface area contributed by atoms with Crippen molar-refractivity contribution in [3.8, 4) is 5.75 Å². The second-order valence-corrected chi connectivity index (χ2v) is 9.27. The van der Waals surface area contributed by atoms with Crippen LogP contribution in [0.3, 0.4) is 0 Å². The van der Waals surface area contributed by atoms with Crippen LogP contribution in [0.25, 0.3) is 0 Å². The van der Waals surface area contributed by atoms with E-state index < -0.39 is 23.9 Å². The Morgan fingerprint density at radius 2 is 1.97 bits per heavy atom. The first kappa shape index (κ1) is 26.5. The average Bonchev–Trinajstić information content (AvgIpc) is 3.32. The van der Waals surface area contributed by atoms with Gasteiger partial charge in [0, 0.05) is 19.6 Å². The molecule has 0 unspecified atom stereocenters. The number of para-hydroxylation sites is 1. The molecular weight excluding hydrogens is 450 g/mol. The van der Waals surface area contributed by atoms with Gasteiger partial charge in [0.1, 0.15) is 17.8 Å². The molecule has 0 aliphatic carbocycles. The quantitative estimate of drug-likeness (QED) is 0.504. The number of nitrogens with zero attached hydrogens (tertiary/aromatic N) is 2. The zero-order valence-electron chi connectivity index (χ0n) is 20.7. The Kier molecular flexibility index (Phi) is 9.89. The van der Waals surface area contributed by atoms with Crippen LogP contribution in [0.5, 0.6) is 5.75 Å². The summed E-state index contributed by atoms with van der Waals surface area (Å²) in [5.41, 5.74) is 0.293. The molecule has 0 spiro atoms. The van der Waals surface area contributed by atoms with Gasteiger partial charge < -0.3 is 30.5 Å². The van der Waals surface area contributed by atoms with Crippen molar-refractivity contribution in [2.75, 3.05) is 46.9 Å². The van der Waals surface area contributed by atoms with E-state index in [0.29, 0.717) is 50.4 Å². The maximum Gasteiger partial charge on any atom is 0.255 e. The van der Waals surface area contributed by atoms with Crippen LogP contribution < -0.4 is 20.7 Å². The van der Waals surface area contributed by atoms with E-state index >= 15 is 0 Å². The van der Waals surface area contributed by atoms with Crippen molar-refractivity contribution in [1.82, 2.24) is 25.8 Å². The van der Waals surface area contributed by atoms with Crippen LogP contribution in [0.1, 0.15) is 48.9 Å². The first-order chi connectivity index (χ1) is 16.9. The first-order valence-electron chi connectivity index (χ1n) is 12.4. The molecule has 2 heterocycles. The molecule has 1 aromatic rings. The van der Waals surface area contributed by atoms with E-state index in [0.717, 1.165) is 25.8 Å². The number of fused-ring (bicyclic) bond motifs is 2. The Hall–Kier alpha value is -3.14. The van der Waals surface area contributed by atoms with E-state index in [1.54, 1.807) is 24.3 Å². The van der Waals surface area contributed by atoms with Gasteiger partial charge in [0.25, 0.3) is 5.91 Å². The van der Waals surface area contributed by atoms with Crippen molar-refractivity contribution in [3.05, 3.63) is 29.8 Å². The van der Waals surface area contributed by atoms with Gasteiger partial charge in [0.15, 0.2) is 0 Å². The van der Waals surface area contributed by atoms with Gasteiger partial charge >= 0.3 is 0 Å². The largest absolute Gasteiger partial charge is 0.493 e. The number of amides is 4. The number of ether oxygens (including phenoxy) is 1. The maximum absolute atomic E-state index is 13.2. The highest BCUT2D eigenvalue weighted by Crippen LogP contribution is 2.21. The highest BCUT2D eigenvalue weighted by atomic mass is 16.5. The highest BCUT2D eigenvalue weighted by Gasteiger charge is 2.36. The predicted molar refractivity (Wildman–Crippen MR) is 131 cm³/mol. The molecule has 0 saturated carbocycles. The Morgan fingerprint density at radius 3 is 2.77 bits per heavy atom. The minimum Gasteiger partial charge on any atom is -0.493 e. The lowest BCUT2D eigenvalue weighted by molar-refractivity contribution is -0.140. The number of carbonyl (C=O) groups is 4. The van der Waals surface area contributed by atoms with Crippen molar-refractivity contribution in [2.45, 2.75) is 50.6 Å². The Balaban J connectivity index is 1.77. The summed E-state index contributed by atoms with van der Waals surface area (Å²) in [5, 5.41) is 8.47. The Bertz CT molecular complexity index is 906. The molecule has 10 nitrogen and oxygen atoms in total. The van der Waals surface area contributed by atoms with Gasteiger partial charge in [-0.3, -0.25) is 19.2 Å². The second kappa shape index (κ2) is 13.1. The smallest absolute Gasteiger partial charge is 0.255 e. The van der Waals surface area contributed by atoms with Gasteiger partial charge in [-0.1, -0.05) is 12.1 Å². The molecule has 2 atom stereocenters. The van der Waals surface area contributed by atoms with E-state index in [-0.39, 0.29) is 18.2 Å². The standard InChI is InChI=1S/C25H37N5O5/c1-29(2)14-6-5-12-26-24(33)19-17-22(31)30-15-7-10-20(30)25(34)27-13-8-16-35-21-11-4-3-9-18(21)23(32)28-19/h3-4,9,11,19-20H,5-8,10,12-17H2,1-2H3,(H,26,33)(H,27,34)(H,28,32)/t19-,20-/m0/s1.